The van der Waals surface area contributed by atoms with Crippen LogP contribution in [-0.4, -0.2) is 36.9 Å². The average Bonchev–Trinajstić information content (AvgIpc) is 2.17. The molecule has 0 bridgehead atoms. The molecule has 0 aromatic heterocycles. The van der Waals surface area contributed by atoms with Crippen LogP contribution in [0.15, 0.2) is 0 Å². The first-order valence-electron chi connectivity index (χ1n) is 4.48. The number of hydrogen-bond donors (Lipinski definition) is 1. The highest BCUT2D eigenvalue weighted by Crippen LogP contribution is 2.19. The third-order valence-electron chi connectivity index (χ3n) is 1.77. The number of aliphatic hydroxyl groups excluding tert-OH is 1. The third kappa shape index (κ3) is 2.70. The average molecular weight is 204 g/mol. The smallest absolute Gasteiger partial charge is 0.325 e. The molecule has 0 radical (unpaired) electrons. The lowest BCUT2D eigenvalue weighted by molar-refractivity contribution is -0.173. The molecule has 0 fully saturated rings. The molecule has 0 saturated heterocycles. The van der Waals surface area contributed by atoms with Crippen LogP contribution < -0.4 is 0 Å². The number of rotatable bonds is 5. The van der Waals surface area contributed by atoms with E-state index in [0.717, 1.165) is 0 Å². The van der Waals surface area contributed by atoms with Crippen LogP contribution in [0.2, 0.25) is 0 Å². The van der Waals surface area contributed by atoms with E-state index in [-0.39, 0.29) is 13.2 Å². The van der Waals surface area contributed by atoms with Crippen LogP contribution in [0.3, 0.4) is 0 Å². The minimum Gasteiger partial charge on any atom is -0.465 e. The first-order chi connectivity index (χ1) is 6.52. The Morgan fingerprint density at radius 2 is 1.50 bits per heavy atom. The number of aliphatic hydroxyl groups is 1. The SMILES string of the molecule is CCOC(=O)C(C)(CO)C(=O)OCC. The molecule has 0 saturated carbocycles. The van der Waals surface area contributed by atoms with Crippen molar-refractivity contribution in [3.8, 4) is 0 Å². The lowest BCUT2D eigenvalue weighted by atomic mass is 9.92. The van der Waals surface area contributed by atoms with Gasteiger partial charge in [0.2, 0.25) is 0 Å². The third-order valence-corrected chi connectivity index (χ3v) is 1.77. The molecule has 0 amide bonds. The Hall–Kier alpha value is -1.10. The van der Waals surface area contributed by atoms with Gasteiger partial charge in [-0.3, -0.25) is 9.59 Å². The number of ether oxygens (including phenoxy) is 2. The lowest BCUT2D eigenvalue weighted by Gasteiger charge is -2.22. The summed E-state index contributed by atoms with van der Waals surface area (Å²) in [6.45, 7) is 4.25. The van der Waals surface area contributed by atoms with Crippen molar-refractivity contribution in [1.29, 1.82) is 0 Å². The van der Waals surface area contributed by atoms with Crippen molar-refractivity contribution in [2.75, 3.05) is 19.8 Å². The molecule has 0 aromatic rings. The van der Waals surface area contributed by atoms with Gasteiger partial charge >= 0.3 is 11.9 Å². The monoisotopic (exact) mass is 204 g/mol. The van der Waals surface area contributed by atoms with E-state index in [1.165, 1.54) is 6.92 Å². The van der Waals surface area contributed by atoms with Crippen LogP contribution in [0.1, 0.15) is 20.8 Å². The summed E-state index contributed by atoms with van der Waals surface area (Å²) in [6.07, 6.45) is 0. The van der Waals surface area contributed by atoms with E-state index in [9.17, 15) is 9.59 Å². The fourth-order valence-electron chi connectivity index (χ4n) is 0.793. The van der Waals surface area contributed by atoms with Gasteiger partial charge in [-0.05, 0) is 20.8 Å². The summed E-state index contributed by atoms with van der Waals surface area (Å²) in [6, 6.07) is 0. The van der Waals surface area contributed by atoms with E-state index in [1.54, 1.807) is 13.8 Å². The van der Waals surface area contributed by atoms with Gasteiger partial charge in [0, 0.05) is 0 Å². The topological polar surface area (TPSA) is 72.8 Å². The van der Waals surface area contributed by atoms with Crippen LogP contribution in [0.25, 0.3) is 0 Å². The minimum absolute atomic E-state index is 0.161. The second-order valence-corrected chi connectivity index (χ2v) is 2.93. The van der Waals surface area contributed by atoms with Gasteiger partial charge in [-0.2, -0.15) is 0 Å². The van der Waals surface area contributed by atoms with E-state index in [4.69, 9.17) is 5.11 Å². The molecule has 0 aliphatic rings. The largest absolute Gasteiger partial charge is 0.465 e. The fourth-order valence-corrected chi connectivity index (χ4v) is 0.793. The molecule has 14 heavy (non-hydrogen) atoms. The Bertz CT molecular complexity index is 193. The molecule has 0 rings (SSSR count). The van der Waals surface area contributed by atoms with Gasteiger partial charge in [0.15, 0.2) is 5.41 Å². The Balaban J connectivity index is 4.60. The highest BCUT2D eigenvalue weighted by Gasteiger charge is 2.43. The van der Waals surface area contributed by atoms with Crippen LogP contribution in [0, 0.1) is 5.41 Å². The summed E-state index contributed by atoms with van der Waals surface area (Å²) in [5, 5.41) is 8.98. The second kappa shape index (κ2) is 5.59. The van der Waals surface area contributed by atoms with Gasteiger partial charge in [-0.15, -0.1) is 0 Å². The van der Waals surface area contributed by atoms with Crippen LogP contribution in [0.5, 0.6) is 0 Å². The van der Waals surface area contributed by atoms with Crippen LogP contribution in [0.4, 0.5) is 0 Å². The molecule has 1 N–H and O–H groups in total. The van der Waals surface area contributed by atoms with E-state index in [0.29, 0.717) is 0 Å². The molecular weight excluding hydrogens is 188 g/mol. The summed E-state index contributed by atoms with van der Waals surface area (Å²) >= 11 is 0. The highest BCUT2D eigenvalue weighted by atomic mass is 16.6. The molecule has 0 unspecified atom stereocenters. The zero-order valence-electron chi connectivity index (χ0n) is 8.70. The van der Waals surface area contributed by atoms with E-state index >= 15 is 0 Å². The van der Waals surface area contributed by atoms with Gasteiger partial charge in [-0.1, -0.05) is 0 Å². The Morgan fingerprint density at radius 1 is 1.14 bits per heavy atom. The van der Waals surface area contributed by atoms with Crippen molar-refractivity contribution in [2.45, 2.75) is 20.8 Å². The second-order valence-electron chi connectivity index (χ2n) is 2.93. The Labute approximate surface area is 83.0 Å². The Kier molecular flexibility index (Phi) is 5.15. The number of hydrogen-bond acceptors (Lipinski definition) is 5. The predicted molar refractivity (Wildman–Crippen MR) is 48.5 cm³/mol. The maximum atomic E-state index is 11.3. The summed E-state index contributed by atoms with van der Waals surface area (Å²) in [5.41, 5.74) is -1.61. The molecule has 0 aliphatic carbocycles. The first kappa shape index (κ1) is 12.9. The fraction of sp³-hybridized carbons (Fsp3) is 0.778. The maximum Gasteiger partial charge on any atom is 0.325 e. The summed E-state index contributed by atoms with van der Waals surface area (Å²) < 4.78 is 9.33. The van der Waals surface area contributed by atoms with E-state index < -0.39 is 24.0 Å². The van der Waals surface area contributed by atoms with Gasteiger partial charge in [-0.25, -0.2) is 0 Å². The van der Waals surface area contributed by atoms with E-state index in [1.807, 2.05) is 0 Å². The standard InChI is InChI=1S/C9H16O5/c1-4-13-7(11)9(3,6-10)8(12)14-5-2/h10H,4-6H2,1-3H3. The summed E-state index contributed by atoms with van der Waals surface area (Å²) in [5.74, 6) is -1.53. The molecule has 0 aromatic carbocycles. The van der Waals surface area contributed by atoms with Gasteiger partial charge < -0.3 is 14.6 Å². The summed E-state index contributed by atoms with van der Waals surface area (Å²) in [4.78, 5) is 22.7. The van der Waals surface area contributed by atoms with Crippen molar-refractivity contribution in [3.63, 3.8) is 0 Å². The highest BCUT2D eigenvalue weighted by molar-refractivity contribution is 5.99. The van der Waals surface area contributed by atoms with Crippen molar-refractivity contribution < 1.29 is 24.2 Å². The van der Waals surface area contributed by atoms with Crippen molar-refractivity contribution in [1.82, 2.24) is 0 Å². The van der Waals surface area contributed by atoms with Gasteiger partial charge in [0.05, 0.1) is 19.8 Å². The van der Waals surface area contributed by atoms with Crippen molar-refractivity contribution in [2.24, 2.45) is 5.41 Å². The molecule has 0 heterocycles. The predicted octanol–water partition coefficient (Wildman–Crippen LogP) is 0.111. The Morgan fingerprint density at radius 3 is 1.71 bits per heavy atom. The van der Waals surface area contributed by atoms with Gasteiger partial charge in [0.25, 0.3) is 0 Å². The number of esters is 2. The molecule has 82 valence electrons. The number of carbonyl (C=O) groups excluding carboxylic acids is 2. The molecular formula is C9H16O5. The zero-order chi connectivity index (χ0) is 11.2. The first-order valence-corrected chi connectivity index (χ1v) is 4.48. The molecule has 0 aliphatic heterocycles. The molecule has 0 atom stereocenters. The van der Waals surface area contributed by atoms with Crippen molar-refractivity contribution in [3.05, 3.63) is 0 Å². The van der Waals surface area contributed by atoms with Gasteiger partial charge in [0.1, 0.15) is 0 Å². The summed E-state index contributed by atoms with van der Waals surface area (Å²) in [7, 11) is 0. The quantitative estimate of drug-likeness (QED) is 0.508. The normalized spacial score (nSPS) is 10.9. The lowest BCUT2D eigenvalue weighted by Crippen LogP contribution is -2.42. The molecule has 5 nitrogen and oxygen atoms in total. The van der Waals surface area contributed by atoms with Crippen molar-refractivity contribution >= 4 is 11.9 Å². The minimum atomic E-state index is -1.61. The maximum absolute atomic E-state index is 11.3. The van der Waals surface area contributed by atoms with E-state index in [2.05, 4.69) is 9.47 Å². The number of carbonyl (C=O) groups is 2. The molecule has 0 spiro atoms. The van der Waals surface area contributed by atoms with Crippen LogP contribution >= 0.6 is 0 Å². The van der Waals surface area contributed by atoms with Crippen LogP contribution in [-0.2, 0) is 19.1 Å². The molecule has 5 heteroatoms. The zero-order valence-corrected chi connectivity index (χ0v) is 8.70.